The second-order valence-corrected chi connectivity index (χ2v) is 6.48. The van der Waals surface area contributed by atoms with Crippen LogP contribution in [0.5, 0.6) is 0 Å². The van der Waals surface area contributed by atoms with Gasteiger partial charge in [-0.15, -0.1) is 0 Å². The van der Waals surface area contributed by atoms with Crippen molar-refractivity contribution in [2.75, 3.05) is 13.2 Å². The average Bonchev–Trinajstić information content (AvgIpc) is 2.80. The Morgan fingerprint density at radius 2 is 2.12 bits per heavy atom. The predicted molar refractivity (Wildman–Crippen MR) is 67.5 cm³/mol. The van der Waals surface area contributed by atoms with Crippen molar-refractivity contribution in [3.05, 3.63) is 0 Å². The molecular formula is C14H25NO2. The molecule has 17 heavy (non-hydrogen) atoms. The molecule has 1 amide bonds. The van der Waals surface area contributed by atoms with E-state index in [-0.39, 0.29) is 29.9 Å². The van der Waals surface area contributed by atoms with E-state index < -0.39 is 0 Å². The maximum atomic E-state index is 12.6. The molecule has 3 atom stereocenters. The minimum Gasteiger partial charge on any atom is -0.394 e. The third kappa shape index (κ3) is 2.22. The molecule has 1 saturated carbocycles. The van der Waals surface area contributed by atoms with Gasteiger partial charge in [-0.1, -0.05) is 27.2 Å². The molecule has 1 aliphatic carbocycles. The smallest absolute Gasteiger partial charge is 0.226 e. The minimum atomic E-state index is 0.0545. The number of hydrogen-bond donors (Lipinski definition) is 1. The Bertz CT molecular complexity index is 301. The van der Waals surface area contributed by atoms with Crippen molar-refractivity contribution in [2.45, 2.75) is 52.5 Å². The van der Waals surface area contributed by atoms with E-state index >= 15 is 0 Å². The van der Waals surface area contributed by atoms with Crippen LogP contribution in [0.4, 0.5) is 0 Å². The summed E-state index contributed by atoms with van der Waals surface area (Å²) >= 11 is 0. The van der Waals surface area contributed by atoms with Crippen molar-refractivity contribution in [1.29, 1.82) is 0 Å². The van der Waals surface area contributed by atoms with Gasteiger partial charge in [0.05, 0.1) is 12.6 Å². The molecule has 2 aliphatic rings. The Balaban J connectivity index is 2.10. The number of amides is 1. The molecule has 1 heterocycles. The summed E-state index contributed by atoms with van der Waals surface area (Å²) in [5, 5.41) is 9.43. The standard InChI is InChI=1S/C14H25NO2/c1-10-6-8-15(12(10)9-16)13(17)11-5-4-7-14(11,2)3/h10-12,16H,4-9H2,1-3H3. The number of aliphatic hydroxyl groups excluding tert-OH is 1. The maximum absolute atomic E-state index is 12.6. The fourth-order valence-corrected chi connectivity index (χ4v) is 3.54. The van der Waals surface area contributed by atoms with Crippen molar-refractivity contribution in [2.24, 2.45) is 17.3 Å². The Labute approximate surface area is 104 Å². The second kappa shape index (κ2) is 4.60. The highest BCUT2D eigenvalue weighted by atomic mass is 16.3. The Kier molecular flexibility index (Phi) is 3.48. The molecule has 1 N–H and O–H groups in total. The molecule has 0 spiro atoms. The molecule has 0 radical (unpaired) electrons. The zero-order chi connectivity index (χ0) is 12.6. The van der Waals surface area contributed by atoms with Crippen LogP contribution in [0.25, 0.3) is 0 Å². The van der Waals surface area contributed by atoms with Crippen LogP contribution in [-0.2, 0) is 4.79 Å². The van der Waals surface area contributed by atoms with Gasteiger partial charge in [0.15, 0.2) is 0 Å². The SMILES string of the molecule is CC1CCN(C(=O)C2CCCC2(C)C)C1CO. The van der Waals surface area contributed by atoms with Gasteiger partial charge in [-0.25, -0.2) is 0 Å². The molecule has 2 fully saturated rings. The number of hydrogen-bond acceptors (Lipinski definition) is 2. The third-order valence-corrected chi connectivity index (χ3v) is 4.91. The number of carbonyl (C=O) groups is 1. The first kappa shape index (κ1) is 12.9. The van der Waals surface area contributed by atoms with Gasteiger partial charge in [0, 0.05) is 12.5 Å². The molecule has 1 aliphatic heterocycles. The first-order valence-electron chi connectivity index (χ1n) is 6.88. The quantitative estimate of drug-likeness (QED) is 0.801. The summed E-state index contributed by atoms with van der Waals surface area (Å²) in [6, 6.07) is 0.0545. The van der Waals surface area contributed by atoms with Crippen molar-refractivity contribution in [1.82, 2.24) is 4.90 Å². The van der Waals surface area contributed by atoms with Crippen LogP contribution >= 0.6 is 0 Å². The zero-order valence-corrected chi connectivity index (χ0v) is 11.3. The summed E-state index contributed by atoms with van der Waals surface area (Å²) in [6.07, 6.45) is 4.37. The van der Waals surface area contributed by atoms with E-state index in [2.05, 4.69) is 20.8 Å². The van der Waals surface area contributed by atoms with Gasteiger partial charge in [-0.2, -0.15) is 0 Å². The fourth-order valence-electron chi connectivity index (χ4n) is 3.54. The van der Waals surface area contributed by atoms with Crippen molar-refractivity contribution in [3.63, 3.8) is 0 Å². The Morgan fingerprint density at radius 1 is 1.41 bits per heavy atom. The molecule has 2 rings (SSSR count). The van der Waals surface area contributed by atoms with Gasteiger partial charge in [0.1, 0.15) is 0 Å². The van der Waals surface area contributed by atoms with Crippen LogP contribution in [0, 0.1) is 17.3 Å². The van der Waals surface area contributed by atoms with Crippen LogP contribution < -0.4 is 0 Å². The first-order chi connectivity index (χ1) is 7.97. The van der Waals surface area contributed by atoms with E-state index in [0.29, 0.717) is 5.92 Å². The number of nitrogens with zero attached hydrogens (tertiary/aromatic N) is 1. The molecule has 0 bridgehead atoms. The monoisotopic (exact) mass is 239 g/mol. The van der Waals surface area contributed by atoms with E-state index in [1.54, 1.807) is 0 Å². The summed E-state index contributed by atoms with van der Waals surface area (Å²) in [6.45, 7) is 7.48. The zero-order valence-electron chi connectivity index (χ0n) is 11.3. The van der Waals surface area contributed by atoms with Crippen LogP contribution in [0.2, 0.25) is 0 Å². The number of likely N-dealkylation sites (tertiary alicyclic amines) is 1. The molecule has 3 unspecified atom stereocenters. The molecule has 0 aromatic heterocycles. The molecule has 0 aromatic rings. The van der Waals surface area contributed by atoms with Gasteiger partial charge in [-0.3, -0.25) is 4.79 Å². The summed E-state index contributed by atoms with van der Waals surface area (Å²) in [5.41, 5.74) is 0.142. The van der Waals surface area contributed by atoms with Crippen LogP contribution in [-0.4, -0.2) is 35.1 Å². The first-order valence-corrected chi connectivity index (χ1v) is 6.88. The van der Waals surface area contributed by atoms with Crippen molar-refractivity contribution >= 4 is 5.91 Å². The van der Waals surface area contributed by atoms with E-state index in [1.165, 1.54) is 0 Å². The topological polar surface area (TPSA) is 40.5 Å². The van der Waals surface area contributed by atoms with Crippen LogP contribution in [0.15, 0.2) is 0 Å². The highest BCUT2D eigenvalue weighted by Gasteiger charge is 2.44. The molecule has 98 valence electrons. The Morgan fingerprint density at radius 3 is 2.65 bits per heavy atom. The lowest BCUT2D eigenvalue weighted by Crippen LogP contribution is -2.45. The molecule has 0 aromatic carbocycles. The number of rotatable bonds is 2. The van der Waals surface area contributed by atoms with E-state index in [4.69, 9.17) is 0 Å². The highest BCUT2D eigenvalue weighted by Crippen LogP contribution is 2.44. The maximum Gasteiger partial charge on any atom is 0.226 e. The van der Waals surface area contributed by atoms with Crippen LogP contribution in [0.3, 0.4) is 0 Å². The van der Waals surface area contributed by atoms with Crippen molar-refractivity contribution < 1.29 is 9.90 Å². The number of aliphatic hydroxyl groups is 1. The van der Waals surface area contributed by atoms with Gasteiger partial charge >= 0.3 is 0 Å². The summed E-state index contributed by atoms with van der Waals surface area (Å²) < 4.78 is 0. The van der Waals surface area contributed by atoms with Gasteiger partial charge in [0.2, 0.25) is 5.91 Å². The lowest BCUT2D eigenvalue weighted by molar-refractivity contribution is -0.140. The third-order valence-electron chi connectivity index (χ3n) is 4.91. The largest absolute Gasteiger partial charge is 0.394 e. The van der Waals surface area contributed by atoms with Gasteiger partial charge in [-0.05, 0) is 30.6 Å². The fraction of sp³-hybridized carbons (Fsp3) is 0.929. The normalized spacial score (nSPS) is 36.5. The van der Waals surface area contributed by atoms with E-state index in [9.17, 15) is 9.90 Å². The van der Waals surface area contributed by atoms with Crippen LogP contribution in [0.1, 0.15) is 46.5 Å². The predicted octanol–water partition coefficient (Wildman–Crippen LogP) is 2.04. The summed E-state index contributed by atoms with van der Waals surface area (Å²) in [4.78, 5) is 14.5. The van der Waals surface area contributed by atoms with Crippen molar-refractivity contribution in [3.8, 4) is 0 Å². The second-order valence-electron chi connectivity index (χ2n) is 6.48. The van der Waals surface area contributed by atoms with Gasteiger partial charge in [0.25, 0.3) is 0 Å². The van der Waals surface area contributed by atoms with Gasteiger partial charge < -0.3 is 10.0 Å². The molecule has 1 saturated heterocycles. The molecule has 3 nitrogen and oxygen atoms in total. The highest BCUT2D eigenvalue weighted by molar-refractivity contribution is 5.80. The summed E-state index contributed by atoms with van der Waals surface area (Å²) in [7, 11) is 0. The molecule has 3 heteroatoms. The number of carbonyl (C=O) groups excluding carboxylic acids is 1. The van der Waals surface area contributed by atoms with E-state index in [1.807, 2.05) is 4.90 Å². The summed E-state index contributed by atoms with van der Waals surface area (Å²) in [5.74, 6) is 0.895. The molecular weight excluding hydrogens is 214 g/mol. The average molecular weight is 239 g/mol. The lowest BCUT2D eigenvalue weighted by atomic mass is 9.81. The minimum absolute atomic E-state index is 0.0545. The Hall–Kier alpha value is -0.570. The van der Waals surface area contributed by atoms with E-state index in [0.717, 1.165) is 32.2 Å². The lowest BCUT2D eigenvalue weighted by Gasteiger charge is -2.33.